The van der Waals surface area contributed by atoms with Crippen LogP contribution in [-0.2, 0) is 36.7 Å². The zero-order valence-corrected chi connectivity index (χ0v) is 18.8. The van der Waals surface area contributed by atoms with Gasteiger partial charge < -0.3 is 23.5 Å². The third-order valence-corrected chi connectivity index (χ3v) is 6.20. The third kappa shape index (κ3) is 5.37. The van der Waals surface area contributed by atoms with Crippen LogP contribution in [0.4, 0.5) is 0 Å². The number of hydrogen-bond donors (Lipinski definition) is 0. The summed E-state index contributed by atoms with van der Waals surface area (Å²) in [6, 6.07) is 30.3. The topological polar surface area (TPSA) is 46.2 Å². The van der Waals surface area contributed by atoms with Gasteiger partial charge in [-0.2, -0.15) is 0 Å². The quantitative estimate of drug-likeness (QED) is 0.520. The molecule has 3 aromatic rings. The molecule has 0 radical (unpaired) electrons. The fraction of sp³-hybridized carbons (Fsp3) is 0.333. The van der Waals surface area contributed by atoms with E-state index < -0.39 is 7.12 Å². The SMILES string of the molecule is CC1OC2COB(c3ccccc3)OC2C(OCc2ccccc2)C1OCc1ccccc1. The molecule has 2 heterocycles. The monoisotopic (exact) mass is 444 g/mol. The lowest BCUT2D eigenvalue weighted by Gasteiger charge is -2.48. The van der Waals surface area contributed by atoms with Crippen LogP contribution in [-0.4, -0.2) is 44.2 Å². The van der Waals surface area contributed by atoms with Gasteiger partial charge in [0.25, 0.3) is 0 Å². The number of hydrogen-bond acceptors (Lipinski definition) is 5. The van der Waals surface area contributed by atoms with Gasteiger partial charge in [0, 0.05) is 0 Å². The van der Waals surface area contributed by atoms with Crippen molar-refractivity contribution in [2.45, 2.75) is 50.7 Å². The van der Waals surface area contributed by atoms with E-state index in [0.29, 0.717) is 19.8 Å². The minimum atomic E-state index is -0.456. The van der Waals surface area contributed by atoms with Crippen LogP contribution in [0.3, 0.4) is 0 Å². The molecule has 5 atom stereocenters. The predicted octanol–water partition coefficient (Wildman–Crippen LogP) is 3.76. The molecule has 0 aromatic heterocycles. The van der Waals surface area contributed by atoms with Gasteiger partial charge in [-0.05, 0) is 23.5 Å². The summed E-state index contributed by atoms with van der Waals surface area (Å²) < 4.78 is 31.7. The Kier molecular flexibility index (Phi) is 7.20. The largest absolute Gasteiger partial charge is 0.494 e. The first-order valence-corrected chi connectivity index (χ1v) is 11.6. The van der Waals surface area contributed by atoms with Crippen molar-refractivity contribution in [1.29, 1.82) is 0 Å². The van der Waals surface area contributed by atoms with E-state index in [1.807, 2.05) is 73.7 Å². The summed E-state index contributed by atoms with van der Waals surface area (Å²) in [5.41, 5.74) is 3.21. The molecular formula is C27H29BO5. The molecule has 2 saturated heterocycles. The van der Waals surface area contributed by atoms with Gasteiger partial charge in [0.1, 0.15) is 24.4 Å². The molecule has 0 N–H and O–H groups in total. The van der Waals surface area contributed by atoms with Crippen molar-refractivity contribution < 1.29 is 23.5 Å². The Morgan fingerprint density at radius 1 is 0.758 bits per heavy atom. The molecule has 0 bridgehead atoms. The fourth-order valence-corrected chi connectivity index (χ4v) is 4.50. The van der Waals surface area contributed by atoms with Gasteiger partial charge in [-0.1, -0.05) is 91.0 Å². The number of fused-ring (bicyclic) bond motifs is 1. The molecule has 3 aromatic carbocycles. The highest BCUT2D eigenvalue weighted by atomic mass is 16.7. The maximum Gasteiger partial charge on any atom is 0.494 e. The van der Waals surface area contributed by atoms with E-state index in [0.717, 1.165) is 16.6 Å². The van der Waals surface area contributed by atoms with Crippen LogP contribution >= 0.6 is 0 Å². The second-order valence-electron chi connectivity index (χ2n) is 8.58. The summed E-state index contributed by atoms with van der Waals surface area (Å²) in [6.45, 7) is 3.45. The second-order valence-corrected chi connectivity index (χ2v) is 8.58. The van der Waals surface area contributed by atoms with E-state index >= 15 is 0 Å². The van der Waals surface area contributed by atoms with Gasteiger partial charge in [0.05, 0.1) is 25.9 Å². The van der Waals surface area contributed by atoms with Crippen molar-refractivity contribution in [3.05, 3.63) is 102 Å². The smallest absolute Gasteiger partial charge is 0.404 e. The van der Waals surface area contributed by atoms with Gasteiger partial charge in [-0.3, -0.25) is 0 Å². The molecule has 5 rings (SSSR count). The molecule has 2 fully saturated rings. The van der Waals surface area contributed by atoms with Crippen LogP contribution in [0, 0.1) is 0 Å². The molecule has 2 aliphatic heterocycles. The van der Waals surface area contributed by atoms with Crippen LogP contribution in [0.5, 0.6) is 0 Å². The van der Waals surface area contributed by atoms with Crippen LogP contribution in [0.15, 0.2) is 91.0 Å². The molecule has 33 heavy (non-hydrogen) atoms. The zero-order chi connectivity index (χ0) is 22.5. The van der Waals surface area contributed by atoms with E-state index in [1.54, 1.807) is 0 Å². The molecule has 0 saturated carbocycles. The predicted molar refractivity (Wildman–Crippen MR) is 127 cm³/mol. The van der Waals surface area contributed by atoms with E-state index in [4.69, 9.17) is 23.5 Å². The minimum Gasteiger partial charge on any atom is -0.404 e. The number of ether oxygens (including phenoxy) is 3. The standard InChI is InChI=1S/C27H29BO5/c1-20-25(29-17-21-11-5-2-6-12-21)27(30-18-22-13-7-3-8-14-22)26-24(32-20)19-31-28(33-26)23-15-9-4-10-16-23/h2-16,20,24-27H,17-19H2,1H3. The normalized spacial score (nSPS) is 27.2. The van der Waals surface area contributed by atoms with Gasteiger partial charge in [0.2, 0.25) is 0 Å². The van der Waals surface area contributed by atoms with Crippen molar-refractivity contribution >= 4 is 12.6 Å². The highest BCUT2D eigenvalue weighted by molar-refractivity contribution is 6.61. The Bertz CT molecular complexity index is 987. The summed E-state index contributed by atoms with van der Waals surface area (Å²) in [6.07, 6.45) is -1.24. The average Bonchev–Trinajstić information content (AvgIpc) is 2.88. The van der Waals surface area contributed by atoms with E-state index in [2.05, 4.69) is 24.3 Å². The molecule has 0 aliphatic carbocycles. The Morgan fingerprint density at radius 3 is 1.91 bits per heavy atom. The first-order chi connectivity index (χ1) is 16.3. The van der Waals surface area contributed by atoms with E-state index in [-0.39, 0.29) is 30.5 Å². The zero-order valence-electron chi connectivity index (χ0n) is 18.8. The van der Waals surface area contributed by atoms with Crippen LogP contribution in [0.1, 0.15) is 18.1 Å². The maximum atomic E-state index is 6.51. The van der Waals surface area contributed by atoms with Crippen LogP contribution < -0.4 is 5.46 Å². The Balaban J connectivity index is 1.36. The molecule has 5 nitrogen and oxygen atoms in total. The van der Waals surface area contributed by atoms with Crippen molar-refractivity contribution in [3.8, 4) is 0 Å². The van der Waals surface area contributed by atoms with Crippen molar-refractivity contribution in [2.75, 3.05) is 6.61 Å². The molecule has 5 unspecified atom stereocenters. The second kappa shape index (κ2) is 10.6. The van der Waals surface area contributed by atoms with Gasteiger partial charge in [0.15, 0.2) is 0 Å². The fourth-order valence-electron chi connectivity index (χ4n) is 4.50. The lowest BCUT2D eigenvalue weighted by atomic mass is 9.76. The van der Waals surface area contributed by atoms with E-state index in [9.17, 15) is 0 Å². The van der Waals surface area contributed by atoms with Crippen molar-refractivity contribution in [2.24, 2.45) is 0 Å². The summed E-state index contributed by atoms with van der Waals surface area (Å²) >= 11 is 0. The van der Waals surface area contributed by atoms with E-state index in [1.165, 1.54) is 0 Å². The molecule has 6 heteroatoms. The summed E-state index contributed by atoms with van der Waals surface area (Å²) in [5.74, 6) is 0. The Morgan fingerprint density at radius 2 is 1.30 bits per heavy atom. The molecule has 170 valence electrons. The molecule has 0 spiro atoms. The van der Waals surface area contributed by atoms with Gasteiger partial charge in [-0.25, -0.2) is 0 Å². The van der Waals surface area contributed by atoms with Crippen LogP contribution in [0.25, 0.3) is 0 Å². The summed E-state index contributed by atoms with van der Waals surface area (Å²) in [5, 5.41) is 0. The average molecular weight is 444 g/mol. The number of benzene rings is 3. The number of rotatable bonds is 7. The summed E-state index contributed by atoms with van der Waals surface area (Å²) in [7, 11) is -0.456. The third-order valence-electron chi connectivity index (χ3n) is 6.20. The van der Waals surface area contributed by atoms with Crippen molar-refractivity contribution in [3.63, 3.8) is 0 Å². The van der Waals surface area contributed by atoms with Crippen LogP contribution in [0.2, 0.25) is 0 Å². The minimum absolute atomic E-state index is 0.156. The summed E-state index contributed by atoms with van der Waals surface area (Å²) in [4.78, 5) is 0. The highest BCUT2D eigenvalue weighted by Gasteiger charge is 2.50. The molecular weight excluding hydrogens is 415 g/mol. The lowest BCUT2D eigenvalue weighted by molar-refractivity contribution is -0.259. The Hall–Kier alpha value is -2.48. The van der Waals surface area contributed by atoms with Crippen molar-refractivity contribution in [1.82, 2.24) is 0 Å². The van der Waals surface area contributed by atoms with Gasteiger partial charge in [-0.15, -0.1) is 0 Å². The van der Waals surface area contributed by atoms with Gasteiger partial charge >= 0.3 is 7.12 Å². The molecule has 2 aliphatic rings. The highest BCUT2D eigenvalue weighted by Crippen LogP contribution is 2.32. The maximum absolute atomic E-state index is 6.51. The Labute approximate surface area is 195 Å². The first kappa shape index (κ1) is 22.3. The lowest BCUT2D eigenvalue weighted by Crippen LogP contribution is -2.65. The molecule has 0 amide bonds. The first-order valence-electron chi connectivity index (χ1n) is 11.6.